The zero-order valence-electron chi connectivity index (χ0n) is 11.1. The molecule has 1 saturated carbocycles. The maximum Gasteiger partial charge on any atom is 0.124 e. The van der Waals surface area contributed by atoms with Crippen LogP contribution in [0.25, 0.3) is 0 Å². The van der Waals surface area contributed by atoms with Crippen molar-refractivity contribution in [3.05, 3.63) is 34.1 Å². The molecule has 1 N–H and O–H groups in total. The van der Waals surface area contributed by atoms with Crippen molar-refractivity contribution >= 4 is 15.9 Å². The summed E-state index contributed by atoms with van der Waals surface area (Å²) in [5, 5.41) is 3.53. The molecule has 1 aliphatic rings. The molecule has 1 nitrogen and oxygen atoms in total. The van der Waals surface area contributed by atoms with Crippen LogP contribution in [0.3, 0.4) is 0 Å². The Morgan fingerprint density at radius 2 is 2.06 bits per heavy atom. The molecule has 1 aromatic carbocycles. The van der Waals surface area contributed by atoms with Crippen LogP contribution in [0.2, 0.25) is 0 Å². The van der Waals surface area contributed by atoms with Crippen molar-refractivity contribution in [3.8, 4) is 0 Å². The third kappa shape index (κ3) is 3.55. The van der Waals surface area contributed by atoms with Crippen LogP contribution in [0, 0.1) is 11.2 Å². The second-order valence-corrected chi connectivity index (χ2v) is 6.76. The Labute approximate surface area is 117 Å². The molecule has 0 radical (unpaired) electrons. The molecular formula is C15H21BrFN. The summed E-state index contributed by atoms with van der Waals surface area (Å²) in [6, 6.07) is 5.74. The van der Waals surface area contributed by atoms with E-state index in [0.717, 1.165) is 23.0 Å². The summed E-state index contributed by atoms with van der Waals surface area (Å²) in [5.41, 5.74) is 1.45. The number of hydrogen-bond donors (Lipinski definition) is 1. The van der Waals surface area contributed by atoms with E-state index in [4.69, 9.17) is 0 Å². The van der Waals surface area contributed by atoms with Gasteiger partial charge in [-0.1, -0.05) is 36.2 Å². The highest BCUT2D eigenvalue weighted by molar-refractivity contribution is 9.10. The Hall–Kier alpha value is -0.410. The van der Waals surface area contributed by atoms with Crippen LogP contribution >= 0.6 is 15.9 Å². The van der Waals surface area contributed by atoms with E-state index in [-0.39, 0.29) is 5.82 Å². The summed E-state index contributed by atoms with van der Waals surface area (Å²) in [7, 11) is 0. The van der Waals surface area contributed by atoms with Gasteiger partial charge < -0.3 is 5.32 Å². The number of benzene rings is 1. The fourth-order valence-corrected chi connectivity index (χ4v) is 3.17. The standard InChI is InChI=1S/C15H21BrFN/c1-11(2)18-10-15(4-3-5-15)9-12-6-13(16)8-14(17)7-12/h6-8,11,18H,3-5,9-10H2,1-2H3. The summed E-state index contributed by atoms with van der Waals surface area (Å²) in [5.74, 6) is -0.148. The molecule has 2 rings (SSSR count). The Morgan fingerprint density at radius 1 is 1.33 bits per heavy atom. The molecule has 100 valence electrons. The monoisotopic (exact) mass is 313 g/mol. The zero-order chi connectivity index (χ0) is 13.2. The van der Waals surface area contributed by atoms with Gasteiger partial charge >= 0.3 is 0 Å². The lowest BCUT2D eigenvalue weighted by atomic mass is 9.65. The third-order valence-electron chi connectivity index (χ3n) is 3.80. The fraction of sp³-hybridized carbons (Fsp3) is 0.600. The van der Waals surface area contributed by atoms with Gasteiger partial charge in [0.05, 0.1) is 0 Å². The SMILES string of the molecule is CC(C)NCC1(Cc2cc(F)cc(Br)c2)CCC1. The Kier molecular flexibility index (Phi) is 4.44. The van der Waals surface area contributed by atoms with E-state index < -0.39 is 0 Å². The van der Waals surface area contributed by atoms with Gasteiger partial charge in [-0.25, -0.2) is 4.39 Å². The molecule has 0 saturated heterocycles. The van der Waals surface area contributed by atoms with Crippen molar-refractivity contribution in [3.63, 3.8) is 0 Å². The van der Waals surface area contributed by atoms with Crippen LogP contribution < -0.4 is 5.32 Å². The molecule has 0 bridgehead atoms. The Morgan fingerprint density at radius 3 is 2.56 bits per heavy atom. The predicted molar refractivity (Wildman–Crippen MR) is 77.2 cm³/mol. The maximum atomic E-state index is 13.4. The van der Waals surface area contributed by atoms with E-state index in [1.54, 1.807) is 6.07 Å². The minimum Gasteiger partial charge on any atom is -0.314 e. The smallest absolute Gasteiger partial charge is 0.124 e. The van der Waals surface area contributed by atoms with Crippen LogP contribution in [-0.2, 0) is 6.42 Å². The van der Waals surface area contributed by atoms with Crippen molar-refractivity contribution < 1.29 is 4.39 Å². The van der Waals surface area contributed by atoms with Gasteiger partial charge in [0.25, 0.3) is 0 Å². The lowest BCUT2D eigenvalue weighted by molar-refractivity contribution is 0.126. The fourth-order valence-electron chi connectivity index (χ4n) is 2.66. The molecule has 3 heteroatoms. The van der Waals surface area contributed by atoms with Crippen molar-refractivity contribution in [2.75, 3.05) is 6.54 Å². The van der Waals surface area contributed by atoms with Gasteiger partial charge in [0.1, 0.15) is 5.82 Å². The van der Waals surface area contributed by atoms with Gasteiger partial charge in [0.2, 0.25) is 0 Å². The summed E-state index contributed by atoms with van der Waals surface area (Å²) >= 11 is 3.37. The molecule has 1 fully saturated rings. The minimum atomic E-state index is -0.148. The predicted octanol–water partition coefficient (Wildman–Crippen LogP) is 4.30. The first-order valence-corrected chi connectivity index (χ1v) is 7.47. The zero-order valence-corrected chi connectivity index (χ0v) is 12.7. The molecule has 0 aromatic heterocycles. The second kappa shape index (κ2) is 5.70. The van der Waals surface area contributed by atoms with E-state index in [1.165, 1.54) is 25.3 Å². The first-order chi connectivity index (χ1) is 8.49. The average Bonchev–Trinajstić information content (AvgIpc) is 2.20. The van der Waals surface area contributed by atoms with Crippen molar-refractivity contribution in [2.24, 2.45) is 5.41 Å². The lowest BCUT2D eigenvalue weighted by Crippen LogP contribution is -2.43. The summed E-state index contributed by atoms with van der Waals surface area (Å²) in [6.07, 6.45) is 4.78. The van der Waals surface area contributed by atoms with E-state index in [2.05, 4.69) is 35.1 Å². The largest absolute Gasteiger partial charge is 0.314 e. The van der Waals surface area contributed by atoms with Crippen LogP contribution in [-0.4, -0.2) is 12.6 Å². The number of halogens is 2. The van der Waals surface area contributed by atoms with Gasteiger partial charge in [-0.15, -0.1) is 0 Å². The molecule has 18 heavy (non-hydrogen) atoms. The van der Waals surface area contributed by atoms with E-state index in [1.807, 2.05) is 6.07 Å². The molecule has 0 atom stereocenters. The average molecular weight is 314 g/mol. The first kappa shape index (κ1) is 14.0. The number of nitrogens with one attached hydrogen (secondary N) is 1. The maximum absolute atomic E-state index is 13.4. The second-order valence-electron chi connectivity index (χ2n) is 5.84. The highest BCUT2D eigenvalue weighted by Gasteiger charge is 2.36. The topological polar surface area (TPSA) is 12.0 Å². The molecule has 1 aromatic rings. The number of rotatable bonds is 5. The molecular weight excluding hydrogens is 293 g/mol. The van der Waals surface area contributed by atoms with Gasteiger partial charge in [0, 0.05) is 17.1 Å². The molecule has 1 aliphatic carbocycles. The van der Waals surface area contributed by atoms with Crippen molar-refractivity contribution in [2.45, 2.75) is 45.6 Å². The van der Waals surface area contributed by atoms with Crippen LogP contribution in [0.15, 0.2) is 22.7 Å². The number of hydrogen-bond acceptors (Lipinski definition) is 1. The Balaban J connectivity index is 2.05. The molecule has 0 aliphatic heterocycles. The van der Waals surface area contributed by atoms with E-state index in [9.17, 15) is 4.39 Å². The summed E-state index contributed by atoms with van der Waals surface area (Å²) in [4.78, 5) is 0. The van der Waals surface area contributed by atoms with Gasteiger partial charge in [-0.05, 0) is 48.4 Å². The lowest BCUT2D eigenvalue weighted by Gasteiger charge is -2.43. The highest BCUT2D eigenvalue weighted by Crippen LogP contribution is 2.43. The van der Waals surface area contributed by atoms with Gasteiger partial charge in [-0.2, -0.15) is 0 Å². The quantitative estimate of drug-likeness (QED) is 0.854. The van der Waals surface area contributed by atoms with Crippen molar-refractivity contribution in [1.82, 2.24) is 5.32 Å². The molecule has 0 heterocycles. The first-order valence-electron chi connectivity index (χ1n) is 6.67. The van der Waals surface area contributed by atoms with Crippen LogP contribution in [0.5, 0.6) is 0 Å². The molecule has 0 amide bonds. The van der Waals surface area contributed by atoms with Crippen molar-refractivity contribution in [1.29, 1.82) is 0 Å². The normalized spacial score (nSPS) is 17.8. The summed E-state index contributed by atoms with van der Waals surface area (Å²) < 4.78 is 14.2. The highest BCUT2D eigenvalue weighted by atomic mass is 79.9. The molecule has 0 spiro atoms. The van der Waals surface area contributed by atoms with E-state index >= 15 is 0 Å². The minimum absolute atomic E-state index is 0.148. The van der Waals surface area contributed by atoms with Gasteiger partial charge in [-0.3, -0.25) is 0 Å². The van der Waals surface area contributed by atoms with E-state index in [0.29, 0.717) is 11.5 Å². The van der Waals surface area contributed by atoms with Crippen LogP contribution in [0.4, 0.5) is 4.39 Å². The molecule has 0 unspecified atom stereocenters. The Bertz CT molecular complexity index is 393. The van der Waals surface area contributed by atoms with Gasteiger partial charge in [0.15, 0.2) is 0 Å². The third-order valence-corrected chi connectivity index (χ3v) is 4.26. The summed E-state index contributed by atoms with van der Waals surface area (Å²) in [6.45, 7) is 5.38. The van der Waals surface area contributed by atoms with Crippen LogP contribution in [0.1, 0.15) is 38.7 Å².